The van der Waals surface area contributed by atoms with Gasteiger partial charge in [0.05, 0.1) is 5.41 Å². The van der Waals surface area contributed by atoms with Crippen LogP contribution in [-0.2, 0) is 9.59 Å². The van der Waals surface area contributed by atoms with Crippen LogP contribution in [0.2, 0.25) is 0 Å². The molecule has 3 N–H and O–H groups in total. The monoisotopic (exact) mass is 282 g/mol. The van der Waals surface area contributed by atoms with Crippen molar-refractivity contribution in [1.29, 1.82) is 0 Å². The van der Waals surface area contributed by atoms with Crippen molar-refractivity contribution in [1.82, 2.24) is 10.6 Å². The first kappa shape index (κ1) is 15.3. The normalized spacial score (nSPS) is 29.6. The maximum absolute atomic E-state index is 12.2. The van der Waals surface area contributed by atoms with E-state index in [4.69, 9.17) is 0 Å². The summed E-state index contributed by atoms with van der Waals surface area (Å²) in [5.74, 6) is -0.693. The number of nitrogens with one attached hydrogen (secondary N) is 2. The van der Waals surface area contributed by atoms with Crippen molar-refractivity contribution in [3.05, 3.63) is 0 Å². The lowest BCUT2D eigenvalue weighted by Crippen LogP contribution is -2.48. The Hall–Kier alpha value is -1.10. The first-order chi connectivity index (χ1) is 9.53. The van der Waals surface area contributed by atoms with Crippen LogP contribution in [0.15, 0.2) is 0 Å². The molecule has 1 aliphatic heterocycles. The van der Waals surface area contributed by atoms with Crippen LogP contribution in [0.1, 0.15) is 51.9 Å². The van der Waals surface area contributed by atoms with E-state index in [0.717, 1.165) is 38.6 Å². The van der Waals surface area contributed by atoms with Gasteiger partial charge in [-0.05, 0) is 39.2 Å². The third-order valence-electron chi connectivity index (χ3n) is 4.86. The van der Waals surface area contributed by atoms with Gasteiger partial charge in [-0.15, -0.1) is 0 Å². The lowest BCUT2D eigenvalue weighted by Gasteiger charge is -2.34. The number of piperidine rings is 1. The van der Waals surface area contributed by atoms with Crippen molar-refractivity contribution in [2.75, 3.05) is 13.1 Å². The summed E-state index contributed by atoms with van der Waals surface area (Å²) in [5, 5.41) is 15.7. The van der Waals surface area contributed by atoms with E-state index in [1.165, 1.54) is 0 Å². The van der Waals surface area contributed by atoms with Gasteiger partial charge in [-0.3, -0.25) is 9.59 Å². The number of hydrogen-bond donors (Lipinski definition) is 3. The van der Waals surface area contributed by atoms with Crippen LogP contribution >= 0.6 is 0 Å². The predicted molar refractivity (Wildman–Crippen MR) is 76.4 cm³/mol. The Balaban J connectivity index is 1.88. The Bertz CT molecular complexity index is 364. The minimum absolute atomic E-state index is 0.0284. The van der Waals surface area contributed by atoms with Crippen LogP contribution < -0.4 is 10.6 Å². The third kappa shape index (κ3) is 3.51. The molecule has 2 fully saturated rings. The zero-order valence-corrected chi connectivity index (χ0v) is 12.3. The van der Waals surface area contributed by atoms with Crippen molar-refractivity contribution < 1.29 is 14.7 Å². The van der Waals surface area contributed by atoms with E-state index in [1.54, 1.807) is 0 Å². The summed E-state index contributed by atoms with van der Waals surface area (Å²) in [7, 11) is 0. The molecule has 0 aromatic heterocycles. The first-order valence-corrected chi connectivity index (χ1v) is 7.78. The minimum atomic E-state index is -0.754. The zero-order chi connectivity index (χ0) is 14.6. The lowest BCUT2D eigenvalue weighted by atomic mass is 9.74. The van der Waals surface area contributed by atoms with Crippen LogP contribution in [0.25, 0.3) is 0 Å². The summed E-state index contributed by atoms with van der Waals surface area (Å²) < 4.78 is 0. The van der Waals surface area contributed by atoms with E-state index in [-0.39, 0.29) is 11.8 Å². The smallest absolute Gasteiger partial charge is 0.311 e. The number of carbonyl (C=O) groups is 2. The standard InChI is InChI=1S/C15H26N2O3/c1-11-9-12(5-8-16-11)13(18)17-10-15(14(19)20)6-3-2-4-7-15/h11-12,16H,2-10H2,1H3,(H,17,18)(H,19,20). The lowest BCUT2D eigenvalue weighted by molar-refractivity contribution is -0.151. The Morgan fingerprint density at radius 1 is 1.30 bits per heavy atom. The van der Waals surface area contributed by atoms with E-state index in [1.807, 2.05) is 0 Å². The maximum atomic E-state index is 12.2. The summed E-state index contributed by atoms with van der Waals surface area (Å²) in [6, 6.07) is 0.364. The van der Waals surface area contributed by atoms with Gasteiger partial charge in [-0.1, -0.05) is 19.3 Å². The molecule has 20 heavy (non-hydrogen) atoms. The maximum Gasteiger partial charge on any atom is 0.311 e. The van der Waals surface area contributed by atoms with Crippen LogP contribution in [0.5, 0.6) is 0 Å². The highest BCUT2D eigenvalue weighted by molar-refractivity contribution is 5.81. The second-order valence-corrected chi connectivity index (χ2v) is 6.44. The minimum Gasteiger partial charge on any atom is -0.481 e. The van der Waals surface area contributed by atoms with Gasteiger partial charge in [0.1, 0.15) is 0 Å². The van der Waals surface area contributed by atoms with Gasteiger partial charge >= 0.3 is 5.97 Å². The fourth-order valence-electron chi connectivity index (χ4n) is 3.47. The van der Waals surface area contributed by atoms with Crippen molar-refractivity contribution in [3.8, 4) is 0 Å². The second-order valence-electron chi connectivity index (χ2n) is 6.44. The van der Waals surface area contributed by atoms with E-state index in [9.17, 15) is 14.7 Å². The largest absolute Gasteiger partial charge is 0.481 e. The van der Waals surface area contributed by atoms with Gasteiger partial charge in [-0.2, -0.15) is 0 Å². The average Bonchev–Trinajstić information content (AvgIpc) is 2.45. The van der Waals surface area contributed by atoms with Crippen LogP contribution in [0.4, 0.5) is 0 Å². The number of aliphatic carboxylic acids is 1. The molecule has 2 aliphatic rings. The molecular formula is C15H26N2O3. The number of amides is 1. The molecule has 0 radical (unpaired) electrons. The molecule has 5 heteroatoms. The van der Waals surface area contributed by atoms with Gasteiger partial charge in [0.15, 0.2) is 0 Å². The number of rotatable bonds is 4. The number of carboxylic acids is 1. The first-order valence-electron chi connectivity index (χ1n) is 7.78. The summed E-state index contributed by atoms with van der Waals surface area (Å²) in [6.07, 6.45) is 6.06. The van der Waals surface area contributed by atoms with Crippen LogP contribution in [0.3, 0.4) is 0 Å². The second kappa shape index (κ2) is 6.57. The van der Waals surface area contributed by atoms with Gasteiger partial charge in [0.25, 0.3) is 0 Å². The van der Waals surface area contributed by atoms with E-state index < -0.39 is 11.4 Å². The quantitative estimate of drug-likeness (QED) is 0.730. The van der Waals surface area contributed by atoms with Crippen molar-refractivity contribution >= 4 is 11.9 Å². The molecule has 0 bridgehead atoms. The summed E-state index contributed by atoms with van der Waals surface area (Å²) in [6.45, 7) is 3.24. The molecule has 1 saturated carbocycles. The molecule has 1 saturated heterocycles. The van der Waals surface area contributed by atoms with Crippen molar-refractivity contribution in [3.63, 3.8) is 0 Å². The van der Waals surface area contributed by atoms with E-state index in [0.29, 0.717) is 25.4 Å². The highest BCUT2D eigenvalue weighted by Crippen LogP contribution is 2.36. The van der Waals surface area contributed by atoms with Gasteiger partial charge in [0.2, 0.25) is 5.91 Å². The fraction of sp³-hybridized carbons (Fsp3) is 0.867. The molecule has 0 aromatic carbocycles. The van der Waals surface area contributed by atoms with E-state index in [2.05, 4.69) is 17.6 Å². The Morgan fingerprint density at radius 3 is 2.60 bits per heavy atom. The molecule has 0 spiro atoms. The highest BCUT2D eigenvalue weighted by Gasteiger charge is 2.40. The summed E-state index contributed by atoms with van der Waals surface area (Å²) in [5.41, 5.74) is -0.730. The molecular weight excluding hydrogens is 256 g/mol. The topological polar surface area (TPSA) is 78.4 Å². The average molecular weight is 282 g/mol. The molecule has 0 aromatic rings. The molecule has 114 valence electrons. The van der Waals surface area contributed by atoms with Crippen LogP contribution in [-0.4, -0.2) is 36.1 Å². The molecule has 2 unspecified atom stereocenters. The fourth-order valence-corrected chi connectivity index (χ4v) is 3.47. The molecule has 1 aliphatic carbocycles. The molecule has 1 amide bonds. The van der Waals surface area contributed by atoms with Crippen molar-refractivity contribution in [2.45, 2.75) is 57.9 Å². The van der Waals surface area contributed by atoms with E-state index >= 15 is 0 Å². The van der Waals surface area contributed by atoms with Crippen molar-refractivity contribution in [2.24, 2.45) is 11.3 Å². The SMILES string of the molecule is CC1CC(C(=O)NCC2(C(=O)O)CCCCC2)CCN1. The number of carboxylic acid groups (broad SMARTS) is 1. The summed E-state index contributed by atoms with van der Waals surface area (Å²) >= 11 is 0. The van der Waals surface area contributed by atoms with Gasteiger partial charge in [0, 0.05) is 18.5 Å². The predicted octanol–water partition coefficient (Wildman–Crippen LogP) is 1.53. The molecule has 1 heterocycles. The molecule has 2 rings (SSSR count). The Morgan fingerprint density at radius 2 is 2.00 bits per heavy atom. The Kier molecular flexibility index (Phi) is 5.02. The molecule has 5 nitrogen and oxygen atoms in total. The third-order valence-corrected chi connectivity index (χ3v) is 4.86. The van der Waals surface area contributed by atoms with Gasteiger partial charge in [-0.25, -0.2) is 0 Å². The van der Waals surface area contributed by atoms with Gasteiger partial charge < -0.3 is 15.7 Å². The van der Waals surface area contributed by atoms with Crippen LogP contribution in [0, 0.1) is 11.3 Å². The number of carbonyl (C=O) groups excluding carboxylic acids is 1. The Labute approximate surface area is 120 Å². The summed E-state index contributed by atoms with van der Waals surface area (Å²) in [4.78, 5) is 23.8. The highest BCUT2D eigenvalue weighted by atomic mass is 16.4. The molecule has 2 atom stereocenters. The number of hydrogen-bond acceptors (Lipinski definition) is 3. The zero-order valence-electron chi connectivity index (χ0n) is 12.3.